The largest absolute Gasteiger partial charge is 0.331 e. The monoisotopic (exact) mass is 449 g/mol. The van der Waals surface area contributed by atoms with Crippen molar-refractivity contribution in [1.82, 2.24) is 4.90 Å². The van der Waals surface area contributed by atoms with Crippen LogP contribution >= 0.6 is 6.89 Å². The number of carbonyl (C=O) groups excluding carboxylic acids is 1. The molecule has 1 amide bonds. The van der Waals surface area contributed by atoms with E-state index in [1.807, 2.05) is 47.1 Å². The minimum absolute atomic E-state index is 0.0173. The second kappa shape index (κ2) is 10.8. The predicted molar refractivity (Wildman–Crippen MR) is 143 cm³/mol. The summed E-state index contributed by atoms with van der Waals surface area (Å²) in [6.45, 7) is 2.59. The maximum Gasteiger partial charge on any atom is 0.248 e. The molecule has 0 saturated carbocycles. The lowest BCUT2D eigenvalue weighted by Gasteiger charge is -2.30. The molecule has 0 spiro atoms. The Bertz CT molecular complexity index is 1130. The molecule has 0 aliphatic rings. The molecule has 0 bridgehead atoms. The molecule has 3 heteroatoms. The van der Waals surface area contributed by atoms with Crippen molar-refractivity contribution in [3.63, 3.8) is 0 Å². The Hall–Kier alpha value is -3.61. The summed E-state index contributed by atoms with van der Waals surface area (Å²) in [4.78, 5) is 15.8. The Kier molecular flexibility index (Phi) is 7.40. The van der Waals surface area contributed by atoms with Crippen molar-refractivity contribution in [2.24, 2.45) is 0 Å². The zero-order chi connectivity index (χ0) is 22.9. The van der Waals surface area contributed by atoms with Gasteiger partial charge in [0.05, 0.1) is 0 Å². The molecule has 0 heterocycles. The smallest absolute Gasteiger partial charge is 0.248 e. The molecule has 33 heavy (non-hydrogen) atoms. The van der Waals surface area contributed by atoms with Crippen LogP contribution in [0.1, 0.15) is 5.56 Å². The maximum absolute atomic E-state index is 13.9. The molecule has 0 aromatic heterocycles. The van der Waals surface area contributed by atoms with Crippen molar-refractivity contribution in [3.8, 4) is 0 Å². The van der Waals surface area contributed by atoms with E-state index in [-0.39, 0.29) is 5.91 Å². The van der Waals surface area contributed by atoms with E-state index < -0.39 is 6.89 Å². The molecule has 4 aromatic carbocycles. The van der Waals surface area contributed by atoms with E-state index in [0.717, 1.165) is 21.5 Å². The van der Waals surface area contributed by atoms with Gasteiger partial charge in [0.25, 0.3) is 0 Å². The quantitative estimate of drug-likeness (QED) is 0.274. The van der Waals surface area contributed by atoms with Crippen LogP contribution in [0.3, 0.4) is 0 Å². The third-order valence-corrected chi connectivity index (χ3v) is 9.62. The first-order valence-corrected chi connectivity index (χ1v) is 12.9. The van der Waals surface area contributed by atoms with Gasteiger partial charge < -0.3 is 4.90 Å². The molecule has 0 aliphatic heterocycles. The van der Waals surface area contributed by atoms with Gasteiger partial charge >= 0.3 is 0 Å². The molecule has 0 aliphatic carbocycles. The Labute approximate surface area is 196 Å². The average Bonchev–Trinajstić information content (AvgIpc) is 2.89. The van der Waals surface area contributed by atoms with Gasteiger partial charge in [0, 0.05) is 18.9 Å². The summed E-state index contributed by atoms with van der Waals surface area (Å²) in [5.74, 6) is 2.00. The Morgan fingerprint density at radius 3 is 1.45 bits per heavy atom. The van der Waals surface area contributed by atoms with E-state index in [1.165, 1.54) is 0 Å². The number of carbonyl (C=O) groups is 1. The van der Waals surface area contributed by atoms with Gasteiger partial charge in [-0.3, -0.25) is 4.79 Å². The van der Waals surface area contributed by atoms with E-state index in [0.29, 0.717) is 13.1 Å². The van der Waals surface area contributed by atoms with Gasteiger partial charge in [-0.2, -0.15) is 0 Å². The van der Waals surface area contributed by atoms with Crippen LogP contribution in [0.2, 0.25) is 0 Å². The highest BCUT2D eigenvalue weighted by Crippen LogP contribution is 2.43. The van der Waals surface area contributed by atoms with Gasteiger partial charge in [0.2, 0.25) is 5.91 Å². The summed E-state index contributed by atoms with van der Waals surface area (Å²) >= 11 is 0. The van der Waals surface area contributed by atoms with Crippen molar-refractivity contribution < 1.29 is 4.79 Å². The molecule has 0 saturated heterocycles. The van der Waals surface area contributed by atoms with E-state index in [4.69, 9.17) is 0 Å². The van der Waals surface area contributed by atoms with Crippen molar-refractivity contribution in [1.29, 1.82) is 0 Å². The first-order valence-electron chi connectivity index (χ1n) is 11.1. The summed E-state index contributed by atoms with van der Waals surface area (Å²) in [5.41, 5.74) is 1.10. The van der Waals surface area contributed by atoms with Gasteiger partial charge in [0.15, 0.2) is 0 Å². The van der Waals surface area contributed by atoms with Crippen LogP contribution in [0.5, 0.6) is 0 Å². The van der Waals surface area contributed by atoms with Crippen LogP contribution in [-0.2, 0) is 11.3 Å². The lowest BCUT2D eigenvalue weighted by molar-refractivity contribution is -0.123. The molecule has 0 atom stereocenters. The summed E-state index contributed by atoms with van der Waals surface area (Å²) in [6.07, 6.45) is 1.79. The highest BCUT2D eigenvalue weighted by molar-refractivity contribution is 7.95. The Morgan fingerprint density at radius 1 is 0.667 bits per heavy atom. The Morgan fingerprint density at radius 2 is 1.06 bits per heavy atom. The van der Waals surface area contributed by atoms with Gasteiger partial charge in [-0.05, 0) is 28.4 Å². The SMILES string of the molecule is C=CCN(Cc1ccccc1)C(=O)C=P(c1ccccc1)(c1ccccc1)c1ccccc1. The van der Waals surface area contributed by atoms with Crippen LogP contribution in [0.25, 0.3) is 0 Å². The molecule has 0 fully saturated rings. The van der Waals surface area contributed by atoms with Crippen molar-refractivity contribution in [3.05, 3.63) is 140 Å². The summed E-state index contributed by atoms with van der Waals surface area (Å²) in [5, 5.41) is 3.48. The number of rotatable bonds is 8. The molecule has 0 radical (unpaired) electrons. The van der Waals surface area contributed by atoms with Crippen LogP contribution in [0.4, 0.5) is 0 Å². The molecule has 164 valence electrons. The molecular formula is C30H28NOP. The lowest BCUT2D eigenvalue weighted by Crippen LogP contribution is -2.35. The topological polar surface area (TPSA) is 20.3 Å². The number of hydrogen-bond donors (Lipinski definition) is 0. The highest BCUT2D eigenvalue weighted by Gasteiger charge is 2.27. The summed E-state index contributed by atoms with van der Waals surface area (Å²) in [7, 11) is 0. The van der Waals surface area contributed by atoms with Gasteiger partial charge in [0.1, 0.15) is 0 Å². The zero-order valence-corrected chi connectivity index (χ0v) is 19.5. The first-order chi connectivity index (χ1) is 16.2. The summed E-state index contributed by atoms with van der Waals surface area (Å²) < 4.78 is 0. The van der Waals surface area contributed by atoms with Crippen LogP contribution in [-0.4, -0.2) is 23.1 Å². The number of nitrogens with zero attached hydrogens (tertiary/aromatic N) is 1. The standard InChI is InChI=1S/C30H28NOP/c1-2-23-31(24-26-15-7-3-8-16-26)30(32)25-33(27-17-9-4-10-18-27,28-19-11-5-12-20-28)29-21-13-6-14-22-29/h2-22,25H,1,23-24H2. The molecular weight excluding hydrogens is 421 g/mol. The molecule has 4 aromatic rings. The second-order valence-corrected chi connectivity index (χ2v) is 11.1. The molecule has 4 rings (SSSR count). The minimum Gasteiger partial charge on any atom is -0.331 e. The maximum atomic E-state index is 13.9. The van der Waals surface area contributed by atoms with Crippen molar-refractivity contribution >= 4 is 34.5 Å². The zero-order valence-electron chi connectivity index (χ0n) is 18.6. The van der Waals surface area contributed by atoms with E-state index in [1.54, 1.807) is 6.08 Å². The second-order valence-electron chi connectivity index (χ2n) is 7.85. The fourth-order valence-corrected chi connectivity index (χ4v) is 7.86. The fourth-order valence-electron chi connectivity index (χ4n) is 4.10. The Balaban J connectivity index is 1.93. The predicted octanol–water partition coefficient (Wildman–Crippen LogP) is 5.00. The minimum atomic E-state index is -2.34. The van der Waals surface area contributed by atoms with Gasteiger partial charge in [-0.15, -0.1) is 6.58 Å². The van der Waals surface area contributed by atoms with Crippen molar-refractivity contribution in [2.75, 3.05) is 6.54 Å². The van der Waals surface area contributed by atoms with E-state index in [2.05, 4.69) is 91.5 Å². The normalized spacial score (nSPS) is 10.9. The third-order valence-electron chi connectivity index (χ3n) is 5.67. The van der Waals surface area contributed by atoms with E-state index >= 15 is 0 Å². The highest BCUT2D eigenvalue weighted by atomic mass is 31.2. The summed E-state index contributed by atoms with van der Waals surface area (Å²) in [6, 6.07) is 41.4. The first kappa shape index (κ1) is 22.6. The molecule has 0 N–H and O–H groups in total. The third kappa shape index (κ3) is 5.08. The van der Waals surface area contributed by atoms with Gasteiger partial charge in [-0.1, -0.05) is 127 Å². The molecule has 2 nitrogen and oxygen atoms in total. The van der Waals surface area contributed by atoms with Gasteiger partial charge in [-0.25, -0.2) is 0 Å². The fraction of sp³-hybridized carbons (Fsp3) is 0.0667. The number of hydrogen-bond acceptors (Lipinski definition) is 1. The number of amides is 1. The van der Waals surface area contributed by atoms with Crippen LogP contribution in [0, 0.1) is 0 Å². The van der Waals surface area contributed by atoms with E-state index in [9.17, 15) is 4.79 Å². The van der Waals surface area contributed by atoms with Crippen molar-refractivity contribution in [2.45, 2.75) is 6.54 Å². The van der Waals surface area contributed by atoms with Crippen LogP contribution in [0.15, 0.2) is 134 Å². The average molecular weight is 450 g/mol. The van der Waals surface area contributed by atoms with Crippen LogP contribution < -0.4 is 15.9 Å². The lowest BCUT2D eigenvalue weighted by atomic mass is 10.2. The number of benzene rings is 4. The molecule has 0 unspecified atom stereocenters.